The molecule has 0 atom stereocenters. The molecule has 0 fully saturated rings. The molecule has 4 heterocycles. The molecule has 0 N–H and O–H groups in total. The second kappa shape index (κ2) is 14.4. The van der Waals surface area contributed by atoms with Gasteiger partial charge in [-0.15, -0.1) is 0 Å². The molecule has 0 aliphatic carbocycles. The first-order valence-corrected chi connectivity index (χ1v) is 28.1. The number of ether oxygens (including phenoxy) is 2. The topological polar surface area (TPSA) is 18.5 Å². The first kappa shape index (κ1) is 40.2. The summed E-state index contributed by atoms with van der Waals surface area (Å²) in [6.45, 7) is 2.22. The Hall–Kier alpha value is -5.67. The van der Waals surface area contributed by atoms with Crippen LogP contribution in [0.5, 0.6) is 23.0 Å². The average molecular weight is 1140 g/mol. The van der Waals surface area contributed by atoms with Gasteiger partial charge in [0, 0.05) is 17.9 Å². The van der Waals surface area contributed by atoms with Crippen molar-refractivity contribution in [1.82, 2.24) is 0 Å². The summed E-state index contributed by atoms with van der Waals surface area (Å²) in [5.41, 5.74) is 13.7. The first-order valence-electron chi connectivity index (χ1n) is 22.9. The van der Waals surface area contributed by atoms with E-state index in [0.29, 0.717) is 0 Å². The van der Waals surface area contributed by atoms with Crippen molar-refractivity contribution in [3.8, 4) is 45.3 Å². The fourth-order valence-electron chi connectivity index (χ4n) is 12.9. The van der Waals surface area contributed by atoms with E-state index >= 15 is 0 Å². The van der Waals surface area contributed by atoms with Gasteiger partial charge in [0.25, 0.3) is 13.4 Å². The van der Waals surface area contributed by atoms with Gasteiger partial charge in [-0.25, -0.2) is 0 Å². The molecule has 0 unspecified atom stereocenters. The molecule has 15 rings (SSSR count). The van der Waals surface area contributed by atoms with Gasteiger partial charge in [-0.2, -0.15) is 0 Å². The number of aryl methyl sites for hydroxylation is 1. The Morgan fingerprint density at radius 3 is 1.28 bits per heavy atom. The lowest BCUT2D eigenvalue weighted by molar-refractivity contribution is 0.486. The highest BCUT2D eigenvalue weighted by Gasteiger charge is 2.48. The Morgan fingerprint density at radius 1 is 0.368 bits per heavy atom. The van der Waals surface area contributed by atoms with Crippen LogP contribution in [0.3, 0.4) is 0 Å². The monoisotopic (exact) mass is 1140 g/mol. The molecule has 0 amide bonds. The van der Waals surface area contributed by atoms with Crippen LogP contribution in [0, 0.1) is 6.92 Å². The van der Waals surface area contributed by atoms with Gasteiger partial charge in [0.15, 0.2) is 8.07 Å². The van der Waals surface area contributed by atoms with Crippen LogP contribution in [0.1, 0.15) is 5.56 Å². The fourth-order valence-corrected chi connectivity index (χ4v) is 19.4. The van der Waals surface area contributed by atoms with Crippen molar-refractivity contribution in [2.75, 3.05) is 0 Å². The lowest BCUT2D eigenvalue weighted by Gasteiger charge is -2.40. The first-order chi connectivity index (χ1) is 33.3. The maximum Gasteiger partial charge on any atom is 0.252 e. The molecule has 2 nitrogen and oxygen atoms in total. The van der Waals surface area contributed by atoms with Gasteiger partial charge in [-0.1, -0.05) is 202 Å². The summed E-state index contributed by atoms with van der Waals surface area (Å²) in [4.78, 5) is 0. The van der Waals surface area contributed by atoms with Crippen LogP contribution in [0.25, 0.3) is 54.6 Å². The van der Waals surface area contributed by atoms with E-state index in [-0.39, 0.29) is 13.4 Å². The Labute approximate surface area is 428 Å². The van der Waals surface area contributed by atoms with Crippen LogP contribution in [-0.4, -0.2) is 21.5 Å². The van der Waals surface area contributed by atoms with E-state index in [2.05, 4.69) is 247 Å². The normalized spacial score (nSPS) is 13.5. The van der Waals surface area contributed by atoms with Crippen molar-refractivity contribution in [1.29, 1.82) is 0 Å². The zero-order chi connectivity index (χ0) is 45.3. The van der Waals surface area contributed by atoms with Gasteiger partial charge in [-0.3, -0.25) is 0 Å². The van der Waals surface area contributed by atoms with E-state index < -0.39 is 8.07 Å². The quantitative estimate of drug-likeness (QED) is 0.0994. The van der Waals surface area contributed by atoms with E-state index in [1.54, 1.807) is 0 Å². The average Bonchev–Trinajstić information content (AvgIpc) is 3.35. The van der Waals surface area contributed by atoms with E-state index in [0.717, 1.165) is 40.9 Å². The summed E-state index contributed by atoms with van der Waals surface area (Å²) in [7, 11) is -3.17. The number of benzene rings is 11. The van der Waals surface area contributed by atoms with E-state index in [9.17, 15) is 0 Å². The Balaban J connectivity index is 1.22. The molecule has 0 saturated heterocycles. The molecule has 4 aliphatic rings. The summed E-state index contributed by atoms with van der Waals surface area (Å²) in [6, 6.07) is 66.7. The Kier molecular flexibility index (Phi) is 8.54. The summed E-state index contributed by atoms with van der Waals surface area (Å²) in [6.07, 6.45) is 0. The highest BCUT2D eigenvalue weighted by Crippen LogP contribution is 2.48. The van der Waals surface area contributed by atoms with E-state index in [1.165, 1.54) is 114 Å². The third-order valence-electron chi connectivity index (χ3n) is 15.4. The summed E-state index contributed by atoms with van der Waals surface area (Å²) < 4.78 is 17.9. The number of fused-ring (bicyclic) bond motifs is 8. The van der Waals surface area contributed by atoms with Gasteiger partial charge >= 0.3 is 0 Å². The number of rotatable bonds is 4. The van der Waals surface area contributed by atoms with Crippen molar-refractivity contribution in [2.45, 2.75) is 6.92 Å². The minimum atomic E-state index is -3.17. The molecule has 9 heteroatoms. The molecule has 0 bridgehead atoms. The molecule has 0 saturated carbocycles. The minimum Gasteiger partial charge on any atom is -0.458 e. The molecule has 11 aromatic rings. The van der Waals surface area contributed by atoms with Gasteiger partial charge in [-0.05, 0) is 158 Å². The van der Waals surface area contributed by atoms with Gasteiger partial charge in [0.1, 0.15) is 23.0 Å². The molecular weight excluding hydrogens is 1110 g/mol. The number of hydrogen-bond donors (Lipinski definition) is 0. The van der Waals surface area contributed by atoms with Crippen LogP contribution >= 0.6 is 63.7 Å². The third kappa shape index (κ3) is 5.29. The molecule has 11 aromatic carbocycles. The second-order valence-corrected chi connectivity index (χ2v) is 26.2. The van der Waals surface area contributed by atoms with Crippen molar-refractivity contribution >= 4 is 171 Å². The standard InChI is InChI=1S/C59H32B2Br4O2Si/c1-31-21-40-42-22-34(64)26-51-58(42)61(46-20-18-33(63)25-50(46)66-51)48-29-44-53(68(36-11-5-2-6-12-36,37-13-7-3-8-14-37)38-15-9-4-10-16-38)30-41-43-23-35(65)27-52-59(43)60(45-19-17-32(62)24-49(45)67-52)47-28-39(31)56(54(40)48)57(44)55(41)47/h2-30H,1H3. The van der Waals surface area contributed by atoms with Crippen LogP contribution in [-0.2, 0) is 0 Å². The van der Waals surface area contributed by atoms with E-state index in [4.69, 9.17) is 9.47 Å². The lowest BCUT2D eigenvalue weighted by atomic mass is 9.32. The maximum atomic E-state index is 6.96. The molecule has 0 radical (unpaired) electrons. The van der Waals surface area contributed by atoms with Gasteiger partial charge < -0.3 is 9.47 Å². The third-order valence-corrected chi connectivity index (χ3v) is 22.1. The summed E-state index contributed by atoms with van der Waals surface area (Å²) in [5, 5.41) is 13.3. The van der Waals surface area contributed by atoms with Gasteiger partial charge in [0.05, 0.1) is 0 Å². The lowest BCUT2D eigenvalue weighted by Crippen LogP contribution is -2.75. The van der Waals surface area contributed by atoms with Crippen LogP contribution < -0.4 is 63.0 Å². The molecule has 318 valence electrons. The predicted octanol–water partition coefficient (Wildman–Crippen LogP) is 10.5. The molecule has 0 spiro atoms. The second-order valence-electron chi connectivity index (χ2n) is 18.8. The molecule has 68 heavy (non-hydrogen) atoms. The summed E-state index contributed by atoms with van der Waals surface area (Å²) in [5.74, 6) is 3.56. The zero-order valence-electron chi connectivity index (χ0n) is 36.2. The molecule has 4 aliphatic heterocycles. The van der Waals surface area contributed by atoms with E-state index in [1.807, 2.05) is 0 Å². The van der Waals surface area contributed by atoms with Crippen molar-refractivity contribution in [3.63, 3.8) is 0 Å². The highest BCUT2D eigenvalue weighted by molar-refractivity contribution is 9.11. The summed E-state index contributed by atoms with van der Waals surface area (Å²) >= 11 is 15.6. The number of halogens is 4. The van der Waals surface area contributed by atoms with Crippen molar-refractivity contribution < 1.29 is 9.47 Å². The maximum absolute atomic E-state index is 6.96. The highest BCUT2D eigenvalue weighted by atomic mass is 79.9. The van der Waals surface area contributed by atoms with Crippen molar-refractivity contribution in [3.05, 3.63) is 199 Å². The molecule has 0 aromatic heterocycles. The molecular formula is C59H32B2Br4O2Si. The smallest absolute Gasteiger partial charge is 0.252 e. The van der Waals surface area contributed by atoms with Crippen LogP contribution in [0.2, 0.25) is 0 Å². The SMILES string of the molecule is Cc1cc2c3c(cc4c([Si](c5ccccc5)(c5ccccc5)c5ccccc5)cc5c6c(cc1c3c46)B1c3ccc(Br)cc3Oc3cc(Br)cc-5c31)B1c3ccc(Br)cc3Oc3cc(Br)cc-2c31. The Bertz CT molecular complexity index is 3960. The Morgan fingerprint density at radius 2 is 0.794 bits per heavy atom. The predicted molar refractivity (Wildman–Crippen MR) is 303 cm³/mol. The number of hydrogen-bond acceptors (Lipinski definition) is 2. The fraction of sp³-hybridized carbons (Fsp3) is 0.0169. The minimum absolute atomic E-state index is 0.0409. The van der Waals surface area contributed by atoms with Crippen molar-refractivity contribution in [2.24, 2.45) is 0 Å². The van der Waals surface area contributed by atoms with Crippen LogP contribution in [0.15, 0.2) is 194 Å². The van der Waals surface area contributed by atoms with Gasteiger partial charge in [0.2, 0.25) is 0 Å². The largest absolute Gasteiger partial charge is 0.458 e. The zero-order valence-corrected chi connectivity index (χ0v) is 43.6. The van der Waals surface area contributed by atoms with Crippen LogP contribution in [0.4, 0.5) is 0 Å².